The Labute approximate surface area is 157 Å². The van der Waals surface area contributed by atoms with Crippen molar-refractivity contribution in [2.45, 2.75) is 51.3 Å². The molecule has 0 spiro atoms. The van der Waals surface area contributed by atoms with Crippen LogP contribution in [0.25, 0.3) is 0 Å². The number of fused-ring (bicyclic) bond motifs is 1. The number of hydrogen-bond acceptors (Lipinski definition) is 4. The number of carbonyl (C=O) groups excluding carboxylic acids is 1. The van der Waals surface area contributed by atoms with Crippen molar-refractivity contribution in [1.29, 1.82) is 0 Å². The van der Waals surface area contributed by atoms with E-state index in [1.807, 2.05) is 6.92 Å². The third-order valence-corrected chi connectivity index (χ3v) is 6.31. The standard InChI is InChI=1S/C19H31N3O3S/c1-4-7-12-21(6-3)14-11-20-26(24,25)17-8-9-18-16(15-17)10-13-22(18)19(23)5-2/h8-9,15,20H,4-7,10-14H2,1-3H3. The molecule has 0 aliphatic carbocycles. The molecular formula is C19H31N3O3S. The number of carbonyl (C=O) groups is 1. The van der Waals surface area contributed by atoms with Gasteiger partial charge in [0.1, 0.15) is 0 Å². The lowest BCUT2D eigenvalue weighted by Gasteiger charge is -2.20. The monoisotopic (exact) mass is 381 g/mol. The summed E-state index contributed by atoms with van der Waals surface area (Å²) in [6.45, 7) is 9.73. The highest BCUT2D eigenvalue weighted by atomic mass is 32.2. The normalized spacial score (nSPS) is 14.1. The number of hydrogen-bond donors (Lipinski definition) is 1. The lowest BCUT2D eigenvalue weighted by atomic mass is 10.2. The van der Waals surface area contributed by atoms with Crippen LogP contribution >= 0.6 is 0 Å². The second kappa shape index (κ2) is 9.48. The molecule has 1 aliphatic rings. The number of sulfonamides is 1. The van der Waals surface area contributed by atoms with Crippen LogP contribution in [0, 0.1) is 0 Å². The number of amides is 1. The first-order valence-corrected chi connectivity index (χ1v) is 11.1. The number of nitrogens with zero attached hydrogens (tertiary/aromatic N) is 2. The molecule has 0 bridgehead atoms. The van der Waals surface area contributed by atoms with Gasteiger partial charge in [0.2, 0.25) is 15.9 Å². The van der Waals surface area contributed by atoms with Crippen LogP contribution in [0.5, 0.6) is 0 Å². The van der Waals surface area contributed by atoms with E-state index in [0.29, 0.717) is 32.5 Å². The molecule has 1 N–H and O–H groups in total. The zero-order valence-corrected chi connectivity index (χ0v) is 16.9. The van der Waals surface area contributed by atoms with E-state index in [1.54, 1.807) is 23.1 Å². The summed E-state index contributed by atoms with van der Waals surface area (Å²) in [6.07, 6.45) is 3.41. The summed E-state index contributed by atoms with van der Waals surface area (Å²) in [7, 11) is -3.53. The second-order valence-electron chi connectivity index (χ2n) is 6.63. The third-order valence-electron chi connectivity index (χ3n) is 4.86. The number of unbranched alkanes of at least 4 members (excludes halogenated alkanes) is 1. The molecule has 26 heavy (non-hydrogen) atoms. The first kappa shape index (κ1) is 20.9. The molecule has 7 heteroatoms. The zero-order chi connectivity index (χ0) is 19.2. The SMILES string of the molecule is CCCCN(CC)CCNS(=O)(=O)c1ccc2c(c1)CCN2C(=O)CC. The Morgan fingerprint density at radius 1 is 1.23 bits per heavy atom. The van der Waals surface area contributed by atoms with Gasteiger partial charge in [0, 0.05) is 31.7 Å². The van der Waals surface area contributed by atoms with Gasteiger partial charge in [0.25, 0.3) is 0 Å². The van der Waals surface area contributed by atoms with Gasteiger partial charge in [-0.2, -0.15) is 0 Å². The molecular weight excluding hydrogens is 350 g/mol. The molecule has 0 aromatic heterocycles. The number of anilines is 1. The Morgan fingerprint density at radius 2 is 2.00 bits per heavy atom. The van der Waals surface area contributed by atoms with Gasteiger partial charge < -0.3 is 9.80 Å². The van der Waals surface area contributed by atoms with Gasteiger partial charge in [0.05, 0.1) is 4.90 Å². The van der Waals surface area contributed by atoms with Crippen molar-refractivity contribution in [1.82, 2.24) is 9.62 Å². The number of nitrogens with one attached hydrogen (secondary N) is 1. The summed E-state index contributed by atoms with van der Waals surface area (Å²) in [5.41, 5.74) is 1.76. The molecule has 0 radical (unpaired) electrons. The van der Waals surface area contributed by atoms with Gasteiger partial charge in [-0.05, 0) is 49.7 Å². The fraction of sp³-hybridized carbons (Fsp3) is 0.632. The minimum atomic E-state index is -3.53. The van der Waals surface area contributed by atoms with Crippen LogP contribution in [0.4, 0.5) is 5.69 Å². The lowest BCUT2D eigenvalue weighted by Crippen LogP contribution is -2.35. The molecule has 0 saturated carbocycles. The first-order valence-electron chi connectivity index (χ1n) is 9.58. The quantitative estimate of drug-likeness (QED) is 0.676. The molecule has 1 amide bonds. The zero-order valence-electron chi connectivity index (χ0n) is 16.1. The smallest absolute Gasteiger partial charge is 0.240 e. The fourth-order valence-electron chi connectivity index (χ4n) is 3.23. The summed E-state index contributed by atoms with van der Waals surface area (Å²) >= 11 is 0. The largest absolute Gasteiger partial charge is 0.312 e. The summed E-state index contributed by atoms with van der Waals surface area (Å²) in [5.74, 6) is 0.0734. The van der Waals surface area contributed by atoms with Gasteiger partial charge >= 0.3 is 0 Å². The van der Waals surface area contributed by atoms with Crippen molar-refractivity contribution < 1.29 is 13.2 Å². The summed E-state index contributed by atoms with van der Waals surface area (Å²) in [4.78, 5) is 16.2. The van der Waals surface area contributed by atoms with Crippen LogP contribution < -0.4 is 9.62 Å². The van der Waals surface area contributed by atoms with E-state index in [-0.39, 0.29) is 10.8 Å². The molecule has 1 aliphatic heterocycles. The van der Waals surface area contributed by atoms with Crippen molar-refractivity contribution in [2.75, 3.05) is 37.6 Å². The first-order chi connectivity index (χ1) is 12.4. The molecule has 0 fully saturated rings. The topological polar surface area (TPSA) is 69.7 Å². The van der Waals surface area contributed by atoms with Crippen molar-refractivity contribution in [2.24, 2.45) is 0 Å². The minimum absolute atomic E-state index is 0.0734. The van der Waals surface area contributed by atoms with E-state index < -0.39 is 10.0 Å². The minimum Gasteiger partial charge on any atom is -0.312 e. The Kier molecular flexibility index (Phi) is 7.61. The van der Waals surface area contributed by atoms with Crippen LogP contribution in [-0.2, 0) is 21.2 Å². The maximum atomic E-state index is 12.6. The van der Waals surface area contributed by atoms with E-state index in [0.717, 1.165) is 37.2 Å². The predicted molar refractivity (Wildman–Crippen MR) is 105 cm³/mol. The van der Waals surface area contributed by atoms with Crippen molar-refractivity contribution in [3.8, 4) is 0 Å². The molecule has 0 saturated heterocycles. The Morgan fingerprint density at radius 3 is 2.65 bits per heavy atom. The van der Waals surface area contributed by atoms with Crippen LogP contribution in [0.1, 0.15) is 45.6 Å². The summed E-state index contributed by atoms with van der Waals surface area (Å²) < 4.78 is 27.9. The molecule has 1 aromatic rings. The molecule has 0 atom stereocenters. The Balaban J connectivity index is 2.00. The summed E-state index contributed by atoms with van der Waals surface area (Å²) in [5, 5.41) is 0. The van der Waals surface area contributed by atoms with E-state index in [9.17, 15) is 13.2 Å². The van der Waals surface area contributed by atoms with Crippen LogP contribution in [0.15, 0.2) is 23.1 Å². The van der Waals surface area contributed by atoms with E-state index in [2.05, 4.69) is 23.5 Å². The van der Waals surface area contributed by atoms with Gasteiger partial charge in [-0.25, -0.2) is 13.1 Å². The van der Waals surface area contributed by atoms with Gasteiger partial charge in [-0.15, -0.1) is 0 Å². The van der Waals surface area contributed by atoms with Crippen molar-refractivity contribution >= 4 is 21.6 Å². The maximum Gasteiger partial charge on any atom is 0.240 e. The highest BCUT2D eigenvalue weighted by Gasteiger charge is 2.25. The molecule has 146 valence electrons. The highest BCUT2D eigenvalue weighted by molar-refractivity contribution is 7.89. The Bertz CT molecular complexity index is 719. The van der Waals surface area contributed by atoms with Crippen molar-refractivity contribution in [3.63, 3.8) is 0 Å². The van der Waals surface area contributed by atoms with E-state index >= 15 is 0 Å². The Hall–Kier alpha value is -1.44. The number of benzene rings is 1. The van der Waals surface area contributed by atoms with Gasteiger partial charge in [-0.3, -0.25) is 4.79 Å². The average molecular weight is 382 g/mol. The molecule has 2 rings (SSSR count). The average Bonchev–Trinajstić information content (AvgIpc) is 3.07. The lowest BCUT2D eigenvalue weighted by molar-refractivity contribution is -0.118. The van der Waals surface area contributed by atoms with Crippen LogP contribution in [-0.4, -0.2) is 51.9 Å². The second-order valence-corrected chi connectivity index (χ2v) is 8.39. The third kappa shape index (κ3) is 5.05. The maximum absolute atomic E-state index is 12.6. The van der Waals surface area contributed by atoms with Gasteiger partial charge in [0.15, 0.2) is 0 Å². The van der Waals surface area contributed by atoms with Crippen LogP contribution in [0.2, 0.25) is 0 Å². The van der Waals surface area contributed by atoms with Gasteiger partial charge in [-0.1, -0.05) is 27.2 Å². The van der Waals surface area contributed by atoms with E-state index in [4.69, 9.17) is 0 Å². The fourth-order valence-corrected chi connectivity index (χ4v) is 4.30. The molecule has 1 aromatic carbocycles. The van der Waals surface area contributed by atoms with Crippen LogP contribution in [0.3, 0.4) is 0 Å². The molecule has 0 unspecified atom stereocenters. The van der Waals surface area contributed by atoms with Crippen molar-refractivity contribution in [3.05, 3.63) is 23.8 Å². The van der Waals surface area contributed by atoms with E-state index in [1.165, 1.54) is 0 Å². The molecule has 6 nitrogen and oxygen atoms in total. The molecule has 1 heterocycles. The number of likely N-dealkylation sites (N-methyl/N-ethyl adjacent to an activating group) is 1. The highest BCUT2D eigenvalue weighted by Crippen LogP contribution is 2.30. The summed E-state index contributed by atoms with van der Waals surface area (Å²) in [6, 6.07) is 5.05. The predicted octanol–water partition coefficient (Wildman–Crippen LogP) is 2.39. The number of rotatable bonds is 10.